The van der Waals surface area contributed by atoms with E-state index in [-0.39, 0.29) is 4.82 Å². The third-order valence-corrected chi connectivity index (χ3v) is 2.79. The van der Waals surface area contributed by atoms with Crippen LogP contribution in [0.1, 0.15) is 32.6 Å². The van der Waals surface area contributed by atoms with Gasteiger partial charge in [-0.25, -0.2) is 0 Å². The summed E-state index contributed by atoms with van der Waals surface area (Å²) in [7, 11) is 0. The van der Waals surface area contributed by atoms with Crippen LogP contribution in [-0.4, -0.2) is 22.3 Å². The molecule has 0 bridgehead atoms. The second-order valence-corrected chi connectivity index (χ2v) is 3.66. The van der Waals surface area contributed by atoms with E-state index in [1.165, 1.54) is 25.7 Å². The zero-order valence-corrected chi connectivity index (χ0v) is 8.43. The molecular formula is C8H14BrNO. The first-order chi connectivity index (χ1) is 5.25. The van der Waals surface area contributed by atoms with Gasteiger partial charge in [0.15, 0.2) is 0 Å². The fraction of sp³-hybridized carbons (Fsp3) is 0.875. The molecule has 1 aliphatic rings. The first-order valence-corrected chi connectivity index (χ1v) is 5.01. The average molecular weight is 220 g/mol. The summed E-state index contributed by atoms with van der Waals surface area (Å²) in [6.45, 7) is 2.85. The molecule has 0 radical (unpaired) electrons. The van der Waals surface area contributed by atoms with Gasteiger partial charge in [0.1, 0.15) is 0 Å². The van der Waals surface area contributed by atoms with Gasteiger partial charge in [-0.15, -0.1) is 0 Å². The smallest absolute Gasteiger partial charge is 0.289 e. The average Bonchev–Trinajstić information content (AvgIpc) is 2.40. The van der Waals surface area contributed by atoms with Gasteiger partial charge < -0.3 is 4.90 Å². The topological polar surface area (TPSA) is 20.3 Å². The Kier molecular flexibility index (Phi) is 3.37. The lowest BCUT2D eigenvalue weighted by atomic mass is 10.2. The fourth-order valence-electron chi connectivity index (χ4n) is 1.74. The molecule has 0 aromatic heterocycles. The van der Waals surface area contributed by atoms with Gasteiger partial charge in [0.05, 0.1) is 0 Å². The first-order valence-electron chi connectivity index (χ1n) is 4.21. The van der Waals surface area contributed by atoms with Crippen LogP contribution in [0.25, 0.3) is 0 Å². The Morgan fingerprint density at radius 3 is 2.45 bits per heavy atom. The van der Waals surface area contributed by atoms with Crippen molar-refractivity contribution >= 4 is 20.7 Å². The maximum Gasteiger partial charge on any atom is 0.289 e. The molecule has 64 valence electrons. The summed E-state index contributed by atoms with van der Waals surface area (Å²) in [5.74, 6) is 0. The van der Waals surface area contributed by atoms with Crippen LogP contribution >= 0.6 is 15.9 Å². The lowest BCUT2D eigenvalue weighted by Crippen LogP contribution is -2.34. The Balaban J connectivity index is 2.46. The largest absolute Gasteiger partial charge is 0.331 e. The molecule has 2 nitrogen and oxygen atoms in total. The number of carbonyl (C=O) groups excluding carboxylic acids is 1. The summed E-state index contributed by atoms with van der Waals surface area (Å²) in [6, 6.07) is 0.506. The molecule has 0 N–H and O–H groups in total. The van der Waals surface area contributed by atoms with E-state index in [1.54, 1.807) is 0 Å². The number of amides is 1. The van der Waals surface area contributed by atoms with E-state index < -0.39 is 0 Å². The fourth-order valence-corrected chi connectivity index (χ4v) is 2.28. The molecule has 0 aromatic carbocycles. The lowest BCUT2D eigenvalue weighted by molar-refractivity contribution is 0.205. The molecule has 1 amide bonds. The Morgan fingerprint density at radius 2 is 2.09 bits per heavy atom. The van der Waals surface area contributed by atoms with Crippen LogP contribution in [0.3, 0.4) is 0 Å². The van der Waals surface area contributed by atoms with Gasteiger partial charge in [0.25, 0.3) is 4.82 Å². The van der Waals surface area contributed by atoms with Crippen molar-refractivity contribution in [2.24, 2.45) is 0 Å². The summed E-state index contributed by atoms with van der Waals surface area (Å²) in [5, 5.41) is 0. The minimum Gasteiger partial charge on any atom is -0.331 e. The number of hydrogen-bond acceptors (Lipinski definition) is 1. The molecule has 1 saturated carbocycles. The minimum atomic E-state index is 0.0481. The standard InChI is InChI=1S/C8H14BrNO/c1-2-10(8(9)11)7-5-3-4-6-7/h7H,2-6H2,1H3. The van der Waals surface area contributed by atoms with E-state index in [9.17, 15) is 4.79 Å². The van der Waals surface area contributed by atoms with Crippen LogP contribution in [0.5, 0.6) is 0 Å². The Bertz CT molecular complexity index is 143. The third-order valence-electron chi connectivity index (χ3n) is 2.33. The van der Waals surface area contributed by atoms with Crippen LogP contribution in [0.2, 0.25) is 0 Å². The first kappa shape index (κ1) is 9.04. The molecule has 11 heavy (non-hydrogen) atoms. The molecule has 1 aliphatic carbocycles. The van der Waals surface area contributed by atoms with Gasteiger partial charge >= 0.3 is 0 Å². The van der Waals surface area contributed by atoms with Gasteiger partial charge in [0, 0.05) is 28.5 Å². The molecule has 0 heterocycles. The van der Waals surface area contributed by atoms with Gasteiger partial charge in [-0.3, -0.25) is 4.79 Å². The van der Waals surface area contributed by atoms with Crippen LogP contribution in [-0.2, 0) is 0 Å². The molecule has 0 atom stereocenters. The second kappa shape index (κ2) is 4.10. The summed E-state index contributed by atoms with van der Waals surface area (Å²) >= 11 is 3.00. The maximum atomic E-state index is 11.0. The summed E-state index contributed by atoms with van der Waals surface area (Å²) in [6.07, 6.45) is 4.93. The van der Waals surface area contributed by atoms with E-state index in [0.29, 0.717) is 6.04 Å². The lowest BCUT2D eigenvalue weighted by Gasteiger charge is -2.24. The molecule has 0 aromatic rings. The Morgan fingerprint density at radius 1 is 1.55 bits per heavy atom. The number of hydrogen-bond donors (Lipinski definition) is 0. The Hall–Kier alpha value is -0.0500. The highest BCUT2D eigenvalue weighted by Crippen LogP contribution is 2.24. The van der Waals surface area contributed by atoms with Crippen LogP contribution in [0.15, 0.2) is 0 Å². The van der Waals surface area contributed by atoms with Crippen molar-refractivity contribution in [3.05, 3.63) is 0 Å². The normalized spacial score (nSPS) is 18.7. The van der Waals surface area contributed by atoms with Crippen molar-refractivity contribution in [3.8, 4) is 0 Å². The van der Waals surface area contributed by atoms with E-state index in [4.69, 9.17) is 0 Å². The molecule has 1 fully saturated rings. The Labute approximate surface area is 76.1 Å². The van der Waals surface area contributed by atoms with Crippen molar-refractivity contribution in [2.45, 2.75) is 38.6 Å². The quantitative estimate of drug-likeness (QED) is 0.517. The van der Waals surface area contributed by atoms with Crippen molar-refractivity contribution in [2.75, 3.05) is 6.54 Å². The van der Waals surface area contributed by atoms with E-state index in [1.807, 2.05) is 11.8 Å². The summed E-state index contributed by atoms with van der Waals surface area (Å²) in [4.78, 5) is 13.0. The SMILES string of the molecule is CCN(C(=O)Br)C1CCCC1. The van der Waals surface area contributed by atoms with Crippen LogP contribution in [0.4, 0.5) is 4.79 Å². The molecule has 3 heteroatoms. The van der Waals surface area contributed by atoms with E-state index >= 15 is 0 Å². The van der Waals surface area contributed by atoms with E-state index in [0.717, 1.165) is 6.54 Å². The van der Waals surface area contributed by atoms with Crippen molar-refractivity contribution in [1.29, 1.82) is 0 Å². The molecule has 1 rings (SSSR count). The zero-order chi connectivity index (χ0) is 8.27. The van der Waals surface area contributed by atoms with Gasteiger partial charge in [0.2, 0.25) is 0 Å². The number of carbonyl (C=O) groups is 1. The summed E-state index contributed by atoms with van der Waals surface area (Å²) < 4.78 is 0. The molecular weight excluding hydrogens is 206 g/mol. The highest BCUT2D eigenvalue weighted by molar-refractivity contribution is 9.18. The molecule has 0 saturated heterocycles. The highest BCUT2D eigenvalue weighted by Gasteiger charge is 2.23. The van der Waals surface area contributed by atoms with Crippen molar-refractivity contribution in [1.82, 2.24) is 4.90 Å². The van der Waals surface area contributed by atoms with Crippen LogP contribution < -0.4 is 0 Å². The molecule has 0 aliphatic heterocycles. The van der Waals surface area contributed by atoms with Crippen molar-refractivity contribution < 1.29 is 4.79 Å². The highest BCUT2D eigenvalue weighted by atomic mass is 79.9. The number of rotatable bonds is 2. The van der Waals surface area contributed by atoms with Crippen LogP contribution in [0, 0.1) is 0 Å². The number of nitrogens with zero attached hydrogens (tertiary/aromatic N) is 1. The maximum absolute atomic E-state index is 11.0. The van der Waals surface area contributed by atoms with Gasteiger partial charge in [-0.2, -0.15) is 0 Å². The van der Waals surface area contributed by atoms with E-state index in [2.05, 4.69) is 15.9 Å². The molecule has 0 unspecified atom stereocenters. The summed E-state index contributed by atoms with van der Waals surface area (Å²) in [5.41, 5.74) is 0. The zero-order valence-electron chi connectivity index (χ0n) is 6.85. The predicted octanol–water partition coefficient (Wildman–Crippen LogP) is 2.77. The molecule has 0 spiro atoms. The third kappa shape index (κ3) is 2.19. The second-order valence-electron chi connectivity index (χ2n) is 2.98. The monoisotopic (exact) mass is 219 g/mol. The minimum absolute atomic E-state index is 0.0481. The van der Waals surface area contributed by atoms with Crippen molar-refractivity contribution in [3.63, 3.8) is 0 Å². The van der Waals surface area contributed by atoms with Gasteiger partial charge in [-0.05, 0) is 19.8 Å². The van der Waals surface area contributed by atoms with Gasteiger partial charge in [-0.1, -0.05) is 12.8 Å². The number of halogens is 1. The predicted molar refractivity (Wildman–Crippen MR) is 49.0 cm³/mol.